The molecule has 0 saturated carbocycles. The molecule has 2 heterocycles. The molecule has 1 atom stereocenters. The van der Waals surface area contributed by atoms with Crippen LogP contribution in [-0.4, -0.2) is 59.3 Å². The first-order valence-corrected chi connectivity index (χ1v) is 10.1. The van der Waals surface area contributed by atoms with E-state index in [2.05, 4.69) is 10.0 Å². The third kappa shape index (κ3) is 4.55. The zero-order chi connectivity index (χ0) is 20.9. The van der Waals surface area contributed by atoms with E-state index < -0.39 is 4.92 Å². The number of hydrogen-bond acceptors (Lipinski definition) is 6. The van der Waals surface area contributed by atoms with Gasteiger partial charge >= 0.3 is 0 Å². The van der Waals surface area contributed by atoms with Crippen LogP contribution in [0.5, 0.6) is 0 Å². The molecular weight excluding hydrogens is 384 g/mol. The molecule has 2 aromatic rings. The van der Waals surface area contributed by atoms with Gasteiger partial charge in [0, 0.05) is 44.6 Å². The van der Waals surface area contributed by atoms with Crippen LogP contribution in [0.1, 0.15) is 30.0 Å². The summed E-state index contributed by atoms with van der Waals surface area (Å²) < 4.78 is 5.36. The van der Waals surface area contributed by atoms with Crippen LogP contribution >= 0.6 is 0 Å². The van der Waals surface area contributed by atoms with Gasteiger partial charge in [0.25, 0.3) is 5.69 Å². The first kappa shape index (κ1) is 20.2. The van der Waals surface area contributed by atoms with Crippen LogP contribution < -0.4 is 0 Å². The molecule has 8 heteroatoms. The zero-order valence-electron chi connectivity index (χ0n) is 16.6. The van der Waals surface area contributed by atoms with Crippen molar-refractivity contribution in [1.82, 2.24) is 9.91 Å². The summed E-state index contributed by atoms with van der Waals surface area (Å²) in [6.07, 6.45) is 0.867. The lowest BCUT2D eigenvalue weighted by molar-refractivity contribution is -0.384. The maximum atomic E-state index is 13.1. The number of carbonyl (C=O) groups excluding carboxylic acids is 1. The number of carbonyl (C=O) groups is 1. The van der Waals surface area contributed by atoms with E-state index >= 15 is 0 Å². The Hall–Kier alpha value is -3.10. The van der Waals surface area contributed by atoms with Gasteiger partial charge in [-0.3, -0.25) is 19.8 Å². The average molecular weight is 408 g/mol. The molecule has 0 spiro atoms. The molecule has 4 rings (SSSR count). The number of hydrazone groups is 1. The first-order valence-electron chi connectivity index (χ1n) is 10.1. The third-order valence-electron chi connectivity index (χ3n) is 5.48. The van der Waals surface area contributed by atoms with Gasteiger partial charge in [0.05, 0.1) is 29.9 Å². The third-order valence-corrected chi connectivity index (χ3v) is 5.48. The highest BCUT2D eigenvalue weighted by molar-refractivity contribution is 6.03. The van der Waals surface area contributed by atoms with Crippen molar-refractivity contribution in [3.8, 4) is 0 Å². The van der Waals surface area contributed by atoms with Gasteiger partial charge in [-0.25, -0.2) is 5.01 Å². The van der Waals surface area contributed by atoms with E-state index in [4.69, 9.17) is 4.74 Å². The van der Waals surface area contributed by atoms with Crippen LogP contribution in [0.4, 0.5) is 5.69 Å². The maximum absolute atomic E-state index is 13.1. The molecule has 156 valence electrons. The second-order valence-corrected chi connectivity index (χ2v) is 7.43. The number of morpholine rings is 1. The van der Waals surface area contributed by atoms with Crippen molar-refractivity contribution in [1.29, 1.82) is 0 Å². The quantitative estimate of drug-likeness (QED) is 0.542. The summed E-state index contributed by atoms with van der Waals surface area (Å²) in [6, 6.07) is 15.9. The van der Waals surface area contributed by atoms with Crippen LogP contribution in [0, 0.1) is 10.1 Å². The number of non-ortho nitro benzene ring substituents is 1. The van der Waals surface area contributed by atoms with Crippen LogP contribution in [0.2, 0.25) is 0 Å². The van der Waals surface area contributed by atoms with E-state index in [0.717, 1.165) is 29.9 Å². The standard InChI is InChI=1S/C22H24N4O4/c27-22(9-10-24-11-13-30-14-12-24)25-21(18-7-4-8-19(15-18)26(28)29)16-20(23-25)17-5-2-1-3-6-17/h1-8,15,21H,9-14,16H2/t21-/m0/s1. The van der Waals surface area contributed by atoms with E-state index in [1.165, 1.54) is 17.1 Å². The Labute approximate surface area is 174 Å². The molecule has 1 saturated heterocycles. The lowest BCUT2D eigenvalue weighted by Gasteiger charge is -2.27. The fourth-order valence-corrected chi connectivity index (χ4v) is 3.84. The number of ether oxygens (including phenoxy) is 1. The molecule has 0 aliphatic carbocycles. The molecule has 1 amide bonds. The Bertz CT molecular complexity index is 941. The van der Waals surface area contributed by atoms with Gasteiger partial charge < -0.3 is 4.74 Å². The number of hydrogen-bond donors (Lipinski definition) is 0. The van der Waals surface area contributed by atoms with Crippen LogP contribution in [0.25, 0.3) is 0 Å². The summed E-state index contributed by atoms with van der Waals surface area (Å²) in [5, 5.41) is 17.4. The smallest absolute Gasteiger partial charge is 0.269 e. The monoisotopic (exact) mass is 408 g/mol. The van der Waals surface area contributed by atoms with E-state index in [0.29, 0.717) is 32.6 Å². The predicted molar refractivity (Wildman–Crippen MR) is 112 cm³/mol. The second kappa shape index (κ2) is 9.15. The topological polar surface area (TPSA) is 88.3 Å². The van der Waals surface area contributed by atoms with Crippen LogP contribution in [0.15, 0.2) is 59.7 Å². The largest absolute Gasteiger partial charge is 0.379 e. The number of amides is 1. The molecule has 2 aliphatic heterocycles. The first-order chi connectivity index (χ1) is 14.6. The highest BCUT2D eigenvalue weighted by Gasteiger charge is 2.33. The summed E-state index contributed by atoms with van der Waals surface area (Å²) in [5.74, 6) is -0.0797. The lowest BCUT2D eigenvalue weighted by atomic mass is 9.98. The Kier molecular flexibility index (Phi) is 6.15. The van der Waals surface area contributed by atoms with Crippen molar-refractivity contribution in [3.63, 3.8) is 0 Å². The zero-order valence-corrected chi connectivity index (χ0v) is 16.6. The minimum atomic E-state index is -0.415. The molecule has 30 heavy (non-hydrogen) atoms. The summed E-state index contributed by atoms with van der Waals surface area (Å²) in [5.41, 5.74) is 2.50. The van der Waals surface area contributed by atoms with Gasteiger partial charge in [0.1, 0.15) is 0 Å². The summed E-state index contributed by atoms with van der Waals surface area (Å²) in [6.45, 7) is 3.66. The molecule has 0 aromatic heterocycles. The molecule has 0 bridgehead atoms. The number of nitrogens with zero attached hydrogens (tertiary/aromatic N) is 4. The summed E-state index contributed by atoms with van der Waals surface area (Å²) in [7, 11) is 0. The van der Waals surface area contributed by atoms with Crippen LogP contribution in [-0.2, 0) is 9.53 Å². The highest BCUT2D eigenvalue weighted by Crippen LogP contribution is 2.34. The van der Waals surface area contributed by atoms with Crippen LogP contribution in [0.3, 0.4) is 0 Å². The van der Waals surface area contributed by atoms with E-state index in [1.807, 2.05) is 36.4 Å². The average Bonchev–Trinajstić information content (AvgIpc) is 3.24. The van der Waals surface area contributed by atoms with Gasteiger partial charge in [-0.1, -0.05) is 42.5 Å². The fraction of sp³-hybridized carbons (Fsp3) is 0.364. The molecule has 2 aromatic carbocycles. The Morgan fingerprint density at radius 2 is 1.90 bits per heavy atom. The Morgan fingerprint density at radius 1 is 1.13 bits per heavy atom. The summed E-state index contributed by atoms with van der Waals surface area (Å²) in [4.78, 5) is 26.1. The molecule has 0 radical (unpaired) electrons. The molecule has 2 aliphatic rings. The second-order valence-electron chi connectivity index (χ2n) is 7.43. The van der Waals surface area contributed by atoms with E-state index in [-0.39, 0.29) is 17.6 Å². The number of nitro groups is 1. The van der Waals surface area contributed by atoms with Crippen molar-refractivity contribution in [2.75, 3.05) is 32.8 Å². The lowest BCUT2D eigenvalue weighted by Crippen LogP contribution is -2.39. The van der Waals surface area contributed by atoms with Gasteiger partial charge in [-0.15, -0.1) is 0 Å². The fourth-order valence-electron chi connectivity index (χ4n) is 3.84. The summed E-state index contributed by atoms with van der Waals surface area (Å²) >= 11 is 0. The van der Waals surface area contributed by atoms with Crippen molar-refractivity contribution in [2.45, 2.75) is 18.9 Å². The Balaban J connectivity index is 1.56. The van der Waals surface area contributed by atoms with Gasteiger partial charge in [0.2, 0.25) is 5.91 Å². The van der Waals surface area contributed by atoms with Gasteiger partial charge in [-0.05, 0) is 11.1 Å². The van der Waals surface area contributed by atoms with Gasteiger partial charge in [0.15, 0.2) is 0 Å². The highest BCUT2D eigenvalue weighted by atomic mass is 16.6. The van der Waals surface area contributed by atoms with E-state index in [9.17, 15) is 14.9 Å². The van der Waals surface area contributed by atoms with E-state index in [1.54, 1.807) is 6.07 Å². The minimum absolute atomic E-state index is 0.0152. The minimum Gasteiger partial charge on any atom is -0.379 e. The molecule has 0 N–H and O–H groups in total. The van der Waals surface area contributed by atoms with Crippen molar-refractivity contribution >= 4 is 17.3 Å². The molecule has 1 fully saturated rings. The van der Waals surface area contributed by atoms with Gasteiger partial charge in [-0.2, -0.15) is 5.10 Å². The molecular formula is C22H24N4O4. The van der Waals surface area contributed by atoms with Crippen molar-refractivity contribution in [3.05, 3.63) is 75.8 Å². The predicted octanol–water partition coefficient (Wildman–Crippen LogP) is 2.99. The molecule has 0 unspecified atom stereocenters. The normalized spacial score (nSPS) is 19.5. The molecule has 8 nitrogen and oxygen atoms in total. The number of nitro benzene ring substituents is 1. The Morgan fingerprint density at radius 3 is 2.63 bits per heavy atom. The number of rotatable bonds is 6. The maximum Gasteiger partial charge on any atom is 0.269 e. The SMILES string of the molecule is O=C(CCN1CCOCC1)N1N=C(c2ccccc2)C[C@H]1c1cccc([N+](=O)[O-])c1. The van der Waals surface area contributed by atoms with Crippen molar-refractivity contribution in [2.24, 2.45) is 5.10 Å². The number of benzene rings is 2. The van der Waals surface area contributed by atoms with Crippen molar-refractivity contribution < 1.29 is 14.5 Å².